The average molecular weight is 220 g/mol. The van der Waals surface area contributed by atoms with Gasteiger partial charge in [0.05, 0.1) is 11.1 Å². The van der Waals surface area contributed by atoms with Crippen LogP contribution in [0, 0.1) is 34.5 Å². The van der Waals surface area contributed by atoms with Crippen LogP contribution < -0.4 is 0 Å². The lowest BCUT2D eigenvalue weighted by molar-refractivity contribution is -0.137. The smallest absolute Gasteiger partial charge is 0.192 e. The first kappa shape index (κ1) is 11.6. The maximum Gasteiger partial charge on any atom is 0.416 e. The van der Waals surface area contributed by atoms with Crippen LogP contribution in [0.3, 0.4) is 0 Å². The third-order valence-corrected chi connectivity index (χ3v) is 1.72. The predicted octanol–water partition coefficient (Wildman–Crippen LogP) is 2.45. The molecule has 78 valence electrons. The van der Waals surface area contributed by atoms with Crippen molar-refractivity contribution in [2.75, 3.05) is 0 Å². The lowest BCUT2D eigenvalue weighted by atomic mass is 10.0. The summed E-state index contributed by atoms with van der Waals surface area (Å²) in [4.78, 5) is 0. The van der Waals surface area contributed by atoms with Crippen LogP contribution in [0.25, 0.3) is 0 Å². The van der Waals surface area contributed by atoms with Crippen LogP contribution in [-0.4, -0.2) is 0 Å². The first-order valence-electron chi connectivity index (χ1n) is 4.00. The number of nitriles is 2. The van der Waals surface area contributed by atoms with E-state index in [1.54, 1.807) is 6.07 Å². The Labute approximate surface area is 89.5 Å². The van der Waals surface area contributed by atoms with E-state index in [9.17, 15) is 13.2 Å². The molecule has 5 heteroatoms. The Kier molecular flexibility index (Phi) is 3.18. The predicted molar refractivity (Wildman–Crippen MR) is 48.7 cm³/mol. The number of rotatable bonds is 0. The molecule has 0 spiro atoms. The Morgan fingerprint density at radius 2 is 1.75 bits per heavy atom. The Hall–Kier alpha value is -2.45. The lowest BCUT2D eigenvalue weighted by Gasteiger charge is -2.06. The maximum absolute atomic E-state index is 12.3. The molecule has 0 amide bonds. The van der Waals surface area contributed by atoms with Crippen molar-refractivity contribution in [1.29, 1.82) is 10.5 Å². The van der Waals surface area contributed by atoms with Gasteiger partial charge in [-0.25, -0.2) is 0 Å². The van der Waals surface area contributed by atoms with E-state index in [-0.39, 0.29) is 11.1 Å². The van der Waals surface area contributed by atoms with E-state index in [1.165, 1.54) is 6.07 Å². The molecule has 0 saturated carbocycles. The summed E-state index contributed by atoms with van der Waals surface area (Å²) in [7, 11) is 0. The second-order valence-corrected chi connectivity index (χ2v) is 2.73. The molecular formula is C11H3F3N2. The van der Waals surface area contributed by atoms with Crippen molar-refractivity contribution in [1.82, 2.24) is 0 Å². The molecule has 0 atom stereocenters. The van der Waals surface area contributed by atoms with Crippen molar-refractivity contribution in [2.24, 2.45) is 0 Å². The fourth-order valence-corrected chi connectivity index (χ4v) is 1.02. The molecule has 0 unspecified atom stereocenters. The van der Waals surface area contributed by atoms with Crippen LogP contribution in [0.1, 0.15) is 16.7 Å². The summed E-state index contributed by atoms with van der Waals surface area (Å²) >= 11 is 0. The maximum atomic E-state index is 12.3. The molecule has 0 heterocycles. The number of nitrogens with zero attached hydrogens (tertiary/aromatic N) is 2. The topological polar surface area (TPSA) is 47.6 Å². The monoisotopic (exact) mass is 220 g/mol. The van der Waals surface area contributed by atoms with Gasteiger partial charge in [0.2, 0.25) is 0 Å². The lowest BCUT2D eigenvalue weighted by Crippen LogP contribution is -2.05. The Morgan fingerprint density at radius 1 is 1.06 bits per heavy atom. The first-order valence-corrected chi connectivity index (χ1v) is 4.00. The van der Waals surface area contributed by atoms with Gasteiger partial charge in [-0.05, 0) is 24.1 Å². The van der Waals surface area contributed by atoms with Crippen molar-refractivity contribution in [2.45, 2.75) is 6.18 Å². The van der Waals surface area contributed by atoms with Crippen LogP contribution >= 0.6 is 0 Å². The van der Waals surface area contributed by atoms with Gasteiger partial charge in [0.1, 0.15) is 6.07 Å². The standard InChI is InChI=1S/C11H3F3N2/c12-11(13,14)10-4-3-9(7-16)8(6-10)2-1-5-15/h3-4,6H. The van der Waals surface area contributed by atoms with Crippen LogP contribution in [0.4, 0.5) is 13.2 Å². The molecule has 0 fully saturated rings. The summed E-state index contributed by atoms with van der Waals surface area (Å²) in [6.45, 7) is 0. The van der Waals surface area contributed by atoms with E-state index in [1.807, 2.05) is 5.92 Å². The van der Waals surface area contributed by atoms with Gasteiger partial charge in [0, 0.05) is 11.5 Å². The molecule has 2 nitrogen and oxygen atoms in total. The van der Waals surface area contributed by atoms with Gasteiger partial charge >= 0.3 is 6.18 Å². The Morgan fingerprint density at radius 3 is 2.25 bits per heavy atom. The highest BCUT2D eigenvalue weighted by molar-refractivity contribution is 5.51. The van der Waals surface area contributed by atoms with Crippen molar-refractivity contribution >= 4 is 0 Å². The van der Waals surface area contributed by atoms with Crippen LogP contribution in [0.5, 0.6) is 0 Å². The third-order valence-electron chi connectivity index (χ3n) is 1.72. The van der Waals surface area contributed by atoms with Gasteiger partial charge in [-0.3, -0.25) is 0 Å². The fraction of sp³-hybridized carbons (Fsp3) is 0.0909. The second kappa shape index (κ2) is 4.38. The van der Waals surface area contributed by atoms with E-state index in [0.717, 1.165) is 18.2 Å². The van der Waals surface area contributed by atoms with Crippen molar-refractivity contribution < 1.29 is 13.2 Å². The molecule has 0 aromatic heterocycles. The zero-order valence-electron chi connectivity index (χ0n) is 7.76. The molecule has 0 aliphatic rings. The number of hydrogen-bond donors (Lipinski definition) is 0. The Bertz CT molecular complexity index is 548. The van der Waals surface area contributed by atoms with Crippen molar-refractivity contribution in [3.05, 3.63) is 34.9 Å². The van der Waals surface area contributed by atoms with Crippen LogP contribution in [0.15, 0.2) is 18.2 Å². The molecule has 0 saturated heterocycles. The van der Waals surface area contributed by atoms with Crippen molar-refractivity contribution in [3.8, 4) is 24.0 Å². The zero-order chi connectivity index (χ0) is 12.2. The van der Waals surface area contributed by atoms with Gasteiger partial charge in [0.15, 0.2) is 6.07 Å². The quantitative estimate of drug-likeness (QED) is 0.630. The second-order valence-electron chi connectivity index (χ2n) is 2.73. The third kappa shape index (κ3) is 2.53. The highest BCUT2D eigenvalue weighted by Crippen LogP contribution is 2.30. The molecule has 16 heavy (non-hydrogen) atoms. The highest BCUT2D eigenvalue weighted by Gasteiger charge is 2.30. The number of alkyl halides is 3. The van der Waals surface area contributed by atoms with Crippen molar-refractivity contribution in [3.63, 3.8) is 0 Å². The molecule has 1 rings (SSSR count). The van der Waals surface area contributed by atoms with E-state index in [4.69, 9.17) is 10.5 Å². The fourth-order valence-electron chi connectivity index (χ4n) is 1.02. The number of hydrogen-bond acceptors (Lipinski definition) is 2. The van der Waals surface area contributed by atoms with Crippen LogP contribution in [-0.2, 0) is 6.18 Å². The van der Waals surface area contributed by atoms with Gasteiger partial charge in [-0.15, -0.1) is 0 Å². The summed E-state index contributed by atoms with van der Waals surface area (Å²) in [6, 6.07) is 5.76. The summed E-state index contributed by atoms with van der Waals surface area (Å²) < 4.78 is 37.0. The van der Waals surface area contributed by atoms with Gasteiger partial charge in [-0.1, -0.05) is 0 Å². The molecule has 0 bridgehead atoms. The van der Waals surface area contributed by atoms with Gasteiger partial charge in [-0.2, -0.15) is 23.7 Å². The van der Waals surface area contributed by atoms with Gasteiger partial charge in [0.25, 0.3) is 0 Å². The molecular weight excluding hydrogens is 217 g/mol. The van der Waals surface area contributed by atoms with E-state index >= 15 is 0 Å². The Balaban J connectivity index is 3.35. The minimum atomic E-state index is -4.49. The minimum Gasteiger partial charge on any atom is -0.192 e. The minimum absolute atomic E-state index is 0.00995. The molecule has 1 aromatic rings. The zero-order valence-corrected chi connectivity index (χ0v) is 7.76. The van der Waals surface area contributed by atoms with Crippen LogP contribution in [0.2, 0.25) is 0 Å². The molecule has 0 radical (unpaired) electrons. The molecule has 1 aromatic carbocycles. The summed E-state index contributed by atoms with van der Waals surface area (Å²) in [6.07, 6.45) is -4.49. The van der Waals surface area contributed by atoms with E-state index in [2.05, 4.69) is 5.92 Å². The first-order chi connectivity index (χ1) is 7.49. The largest absolute Gasteiger partial charge is 0.416 e. The molecule has 0 N–H and O–H groups in total. The summed E-state index contributed by atoms with van der Waals surface area (Å²) in [5.74, 6) is 4.15. The normalized spacial score (nSPS) is 9.56. The summed E-state index contributed by atoms with van der Waals surface area (Å²) in [5, 5.41) is 16.8. The average Bonchev–Trinajstić information content (AvgIpc) is 2.24. The van der Waals surface area contributed by atoms with E-state index < -0.39 is 11.7 Å². The number of benzene rings is 1. The number of halogens is 3. The van der Waals surface area contributed by atoms with E-state index in [0.29, 0.717) is 0 Å². The summed E-state index contributed by atoms with van der Waals surface area (Å²) in [5.41, 5.74) is -0.983. The molecule has 0 aliphatic heterocycles. The SMILES string of the molecule is N#CC#Cc1cc(C(F)(F)F)ccc1C#N. The van der Waals surface area contributed by atoms with Gasteiger partial charge < -0.3 is 0 Å². The molecule has 0 aliphatic carbocycles. The highest BCUT2D eigenvalue weighted by atomic mass is 19.4.